The summed E-state index contributed by atoms with van der Waals surface area (Å²) < 4.78 is 5.38. The number of carbonyl (C=O) groups is 1. The molecule has 1 aromatic rings. The highest BCUT2D eigenvalue weighted by atomic mass is 16.5. The molecule has 1 aliphatic heterocycles. The topological polar surface area (TPSA) is 71.2 Å². The largest absolute Gasteiger partial charge is 0.381 e. The minimum Gasteiger partial charge on any atom is -0.381 e. The zero-order chi connectivity index (χ0) is 12.8. The number of amides is 1. The first-order valence-corrected chi connectivity index (χ1v) is 6.30. The standard InChI is InChI=1S/C13H18N2O3/c16-12-4-3-11(8-15-12)13(17)14-6-5-10-2-1-7-18-9-10/h3-4,8,10H,1-2,5-7,9H2,(H,14,17)(H,15,16)/t10-/m0/s1. The number of nitrogens with one attached hydrogen (secondary N) is 2. The van der Waals surface area contributed by atoms with Gasteiger partial charge in [0.05, 0.1) is 5.56 Å². The monoisotopic (exact) mass is 250 g/mol. The second kappa shape index (κ2) is 6.35. The van der Waals surface area contributed by atoms with Gasteiger partial charge >= 0.3 is 0 Å². The maximum Gasteiger partial charge on any atom is 0.252 e. The fourth-order valence-corrected chi connectivity index (χ4v) is 2.08. The van der Waals surface area contributed by atoms with Crippen molar-refractivity contribution in [2.24, 2.45) is 5.92 Å². The molecule has 1 atom stereocenters. The summed E-state index contributed by atoms with van der Waals surface area (Å²) in [7, 11) is 0. The van der Waals surface area contributed by atoms with Gasteiger partial charge in [-0.1, -0.05) is 0 Å². The van der Waals surface area contributed by atoms with E-state index in [0.29, 0.717) is 18.0 Å². The molecule has 2 N–H and O–H groups in total. The number of hydrogen-bond acceptors (Lipinski definition) is 3. The first-order chi connectivity index (χ1) is 8.75. The molecule has 1 aromatic heterocycles. The van der Waals surface area contributed by atoms with Gasteiger partial charge in [-0.05, 0) is 31.2 Å². The second-order valence-electron chi connectivity index (χ2n) is 4.57. The third kappa shape index (κ3) is 3.70. The van der Waals surface area contributed by atoms with Gasteiger partial charge in [0.2, 0.25) is 5.56 Å². The fourth-order valence-electron chi connectivity index (χ4n) is 2.08. The van der Waals surface area contributed by atoms with E-state index in [1.54, 1.807) is 0 Å². The Kier molecular flexibility index (Phi) is 4.52. The zero-order valence-electron chi connectivity index (χ0n) is 10.3. The first-order valence-electron chi connectivity index (χ1n) is 6.30. The molecule has 1 aliphatic rings. The summed E-state index contributed by atoms with van der Waals surface area (Å²) in [4.78, 5) is 25.1. The van der Waals surface area contributed by atoms with Crippen molar-refractivity contribution >= 4 is 5.91 Å². The summed E-state index contributed by atoms with van der Waals surface area (Å²) in [5.74, 6) is 0.401. The van der Waals surface area contributed by atoms with Crippen LogP contribution >= 0.6 is 0 Å². The van der Waals surface area contributed by atoms with Gasteiger partial charge in [0, 0.05) is 32.0 Å². The lowest BCUT2D eigenvalue weighted by Gasteiger charge is -2.21. The molecule has 1 saturated heterocycles. The Labute approximate surface area is 106 Å². The molecular weight excluding hydrogens is 232 g/mol. The Morgan fingerprint density at radius 2 is 2.39 bits per heavy atom. The molecule has 1 amide bonds. The number of pyridine rings is 1. The number of ether oxygens (including phenoxy) is 1. The average molecular weight is 250 g/mol. The van der Waals surface area contributed by atoms with Crippen molar-refractivity contribution in [3.63, 3.8) is 0 Å². The van der Waals surface area contributed by atoms with Crippen LogP contribution in [0, 0.1) is 5.92 Å². The van der Waals surface area contributed by atoms with Gasteiger partial charge in [-0.2, -0.15) is 0 Å². The van der Waals surface area contributed by atoms with E-state index in [9.17, 15) is 9.59 Å². The minimum absolute atomic E-state index is 0.150. The highest BCUT2D eigenvalue weighted by Gasteiger charge is 2.14. The van der Waals surface area contributed by atoms with Crippen LogP contribution in [0.25, 0.3) is 0 Å². The quantitative estimate of drug-likeness (QED) is 0.834. The first kappa shape index (κ1) is 12.8. The van der Waals surface area contributed by atoms with E-state index in [4.69, 9.17) is 4.74 Å². The van der Waals surface area contributed by atoms with E-state index < -0.39 is 0 Å². The van der Waals surface area contributed by atoms with Crippen LogP contribution in [0.5, 0.6) is 0 Å². The molecule has 0 radical (unpaired) electrons. The SMILES string of the molecule is O=C(NCC[C@@H]1CCCOC1)c1ccc(=O)[nH]c1. The van der Waals surface area contributed by atoms with Crippen molar-refractivity contribution in [1.82, 2.24) is 10.3 Å². The molecule has 2 heterocycles. The number of H-pyrrole nitrogens is 1. The van der Waals surface area contributed by atoms with Crippen molar-refractivity contribution < 1.29 is 9.53 Å². The Hall–Kier alpha value is -1.62. The molecule has 0 aliphatic carbocycles. The summed E-state index contributed by atoms with van der Waals surface area (Å²) >= 11 is 0. The summed E-state index contributed by atoms with van der Waals surface area (Å²) in [6, 6.07) is 2.88. The Bertz CT molecular complexity index is 429. The molecule has 5 heteroatoms. The van der Waals surface area contributed by atoms with E-state index in [2.05, 4.69) is 10.3 Å². The lowest BCUT2D eigenvalue weighted by atomic mass is 9.99. The highest BCUT2D eigenvalue weighted by Crippen LogP contribution is 2.16. The molecule has 98 valence electrons. The maximum atomic E-state index is 11.7. The van der Waals surface area contributed by atoms with Crippen LogP contribution in [0.1, 0.15) is 29.6 Å². The van der Waals surface area contributed by atoms with Crippen LogP contribution in [-0.2, 0) is 4.74 Å². The third-order valence-electron chi connectivity index (χ3n) is 3.14. The number of aromatic amines is 1. The molecule has 18 heavy (non-hydrogen) atoms. The van der Waals surface area contributed by atoms with Crippen LogP contribution in [-0.4, -0.2) is 30.6 Å². The molecule has 1 fully saturated rings. The summed E-state index contributed by atoms with van der Waals surface area (Å²) in [5.41, 5.74) is 0.278. The molecule has 0 bridgehead atoms. The predicted molar refractivity (Wildman–Crippen MR) is 67.6 cm³/mol. The van der Waals surface area contributed by atoms with Gasteiger partial charge < -0.3 is 15.0 Å². The lowest BCUT2D eigenvalue weighted by Crippen LogP contribution is -2.28. The van der Waals surface area contributed by atoms with Gasteiger partial charge in [0.1, 0.15) is 0 Å². The summed E-state index contributed by atoms with van der Waals surface area (Å²) in [5, 5.41) is 2.85. The van der Waals surface area contributed by atoms with E-state index in [-0.39, 0.29) is 11.5 Å². The average Bonchev–Trinajstić information content (AvgIpc) is 2.40. The Morgan fingerprint density at radius 1 is 1.50 bits per heavy atom. The predicted octanol–water partition coefficient (Wildman–Crippen LogP) is 0.921. The van der Waals surface area contributed by atoms with E-state index in [1.807, 2.05) is 0 Å². The number of carbonyl (C=O) groups excluding carboxylic acids is 1. The van der Waals surface area contributed by atoms with Crippen LogP contribution < -0.4 is 10.9 Å². The van der Waals surface area contributed by atoms with E-state index in [1.165, 1.54) is 24.8 Å². The summed E-state index contributed by atoms with van der Waals surface area (Å²) in [6.45, 7) is 2.31. The Balaban J connectivity index is 1.74. The van der Waals surface area contributed by atoms with Crippen molar-refractivity contribution in [2.45, 2.75) is 19.3 Å². The van der Waals surface area contributed by atoms with Crippen LogP contribution in [0.15, 0.2) is 23.1 Å². The van der Waals surface area contributed by atoms with Crippen LogP contribution in [0.4, 0.5) is 0 Å². The van der Waals surface area contributed by atoms with Gasteiger partial charge in [0.15, 0.2) is 0 Å². The number of aromatic nitrogens is 1. The lowest BCUT2D eigenvalue weighted by molar-refractivity contribution is 0.0514. The van der Waals surface area contributed by atoms with Gasteiger partial charge in [-0.15, -0.1) is 0 Å². The summed E-state index contributed by atoms with van der Waals surface area (Å²) in [6.07, 6.45) is 4.66. The van der Waals surface area contributed by atoms with Gasteiger partial charge in [-0.3, -0.25) is 9.59 Å². The van der Waals surface area contributed by atoms with Crippen molar-refractivity contribution in [3.8, 4) is 0 Å². The van der Waals surface area contributed by atoms with E-state index >= 15 is 0 Å². The molecule has 0 unspecified atom stereocenters. The maximum absolute atomic E-state index is 11.7. The van der Waals surface area contributed by atoms with Crippen molar-refractivity contribution in [2.75, 3.05) is 19.8 Å². The second-order valence-corrected chi connectivity index (χ2v) is 4.57. The number of rotatable bonds is 4. The third-order valence-corrected chi connectivity index (χ3v) is 3.14. The smallest absolute Gasteiger partial charge is 0.252 e. The van der Waals surface area contributed by atoms with Crippen molar-refractivity contribution in [1.29, 1.82) is 0 Å². The molecule has 0 saturated carbocycles. The highest BCUT2D eigenvalue weighted by molar-refractivity contribution is 5.93. The molecular formula is C13H18N2O3. The van der Waals surface area contributed by atoms with Crippen molar-refractivity contribution in [3.05, 3.63) is 34.2 Å². The normalized spacial score (nSPS) is 19.4. The van der Waals surface area contributed by atoms with Crippen LogP contribution in [0.3, 0.4) is 0 Å². The Morgan fingerprint density at radius 3 is 3.06 bits per heavy atom. The molecule has 5 nitrogen and oxygen atoms in total. The van der Waals surface area contributed by atoms with E-state index in [0.717, 1.165) is 26.1 Å². The van der Waals surface area contributed by atoms with Gasteiger partial charge in [-0.25, -0.2) is 0 Å². The van der Waals surface area contributed by atoms with Gasteiger partial charge in [0.25, 0.3) is 5.91 Å². The molecule has 0 aromatic carbocycles. The molecule has 0 spiro atoms. The van der Waals surface area contributed by atoms with Crippen LogP contribution in [0.2, 0.25) is 0 Å². The minimum atomic E-state index is -0.203. The fraction of sp³-hybridized carbons (Fsp3) is 0.538. The zero-order valence-corrected chi connectivity index (χ0v) is 10.3. The number of hydrogen-bond donors (Lipinski definition) is 2. The molecule has 2 rings (SSSR count).